The largest absolute Gasteiger partial charge is 0.378 e. The molecule has 0 bridgehead atoms. The van der Waals surface area contributed by atoms with E-state index in [2.05, 4.69) is 22.4 Å². The topological polar surface area (TPSA) is 37.8 Å². The van der Waals surface area contributed by atoms with Crippen LogP contribution in [0.1, 0.15) is 11.9 Å². The van der Waals surface area contributed by atoms with Gasteiger partial charge in [-0.05, 0) is 17.9 Å². The van der Waals surface area contributed by atoms with E-state index >= 15 is 0 Å². The summed E-state index contributed by atoms with van der Waals surface area (Å²) in [5.74, 6) is 1.04. The Morgan fingerprint density at radius 1 is 1.25 bits per heavy atom. The Bertz CT molecular complexity index is 428. The zero-order valence-corrected chi connectivity index (χ0v) is 10.6. The van der Waals surface area contributed by atoms with E-state index in [1.165, 1.54) is 0 Å². The van der Waals surface area contributed by atoms with Crippen molar-refractivity contribution in [3.63, 3.8) is 0 Å². The lowest BCUT2D eigenvalue weighted by Crippen LogP contribution is -1.98. The van der Waals surface area contributed by atoms with Gasteiger partial charge in [-0.15, -0.1) is 10.2 Å². The summed E-state index contributed by atoms with van der Waals surface area (Å²) in [6.07, 6.45) is 0. The molecule has 0 atom stereocenters. The van der Waals surface area contributed by atoms with E-state index in [-0.39, 0.29) is 0 Å². The van der Waals surface area contributed by atoms with Gasteiger partial charge in [-0.25, -0.2) is 0 Å². The summed E-state index contributed by atoms with van der Waals surface area (Å²) in [6, 6.07) is 10.1. The maximum atomic E-state index is 4.14. The van der Waals surface area contributed by atoms with Gasteiger partial charge in [-0.3, -0.25) is 0 Å². The number of nitrogens with zero attached hydrogens (tertiary/aromatic N) is 2. The van der Waals surface area contributed by atoms with Crippen molar-refractivity contribution in [2.24, 2.45) is 0 Å². The SMILES string of the molecule is CCSc1nnc(CNc2ccccc2)s1. The van der Waals surface area contributed by atoms with Gasteiger partial charge in [0.2, 0.25) is 0 Å². The maximum Gasteiger partial charge on any atom is 0.174 e. The van der Waals surface area contributed by atoms with Crippen LogP contribution in [0.25, 0.3) is 0 Å². The number of benzene rings is 1. The minimum absolute atomic E-state index is 0.742. The lowest BCUT2D eigenvalue weighted by atomic mass is 10.3. The van der Waals surface area contributed by atoms with Crippen LogP contribution < -0.4 is 5.32 Å². The summed E-state index contributed by atoms with van der Waals surface area (Å²) in [7, 11) is 0. The molecular weight excluding hydrogens is 238 g/mol. The molecule has 0 saturated heterocycles. The average Bonchev–Trinajstić information content (AvgIpc) is 2.76. The highest BCUT2D eigenvalue weighted by Gasteiger charge is 2.03. The van der Waals surface area contributed by atoms with Gasteiger partial charge in [0.05, 0.1) is 6.54 Å². The second kappa shape index (κ2) is 5.86. The summed E-state index contributed by atoms with van der Waals surface area (Å²) in [5.41, 5.74) is 1.11. The molecule has 0 aliphatic rings. The third kappa shape index (κ3) is 3.21. The molecule has 0 spiro atoms. The Labute approximate surface area is 103 Å². The molecule has 1 aromatic carbocycles. The van der Waals surface area contributed by atoms with E-state index in [0.717, 1.165) is 27.3 Å². The minimum Gasteiger partial charge on any atom is -0.378 e. The van der Waals surface area contributed by atoms with Gasteiger partial charge in [0, 0.05) is 5.69 Å². The minimum atomic E-state index is 0.742. The van der Waals surface area contributed by atoms with Crippen LogP contribution in [-0.2, 0) is 6.54 Å². The third-order valence-corrected chi connectivity index (χ3v) is 3.87. The fourth-order valence-electron chi connectivity index (χ4n) is 1.23. The summed E-state index contributed by atoms with van der Waals surface area (Å²) in [5, 5.41) is 12.6. The van der Waals surface area contributed by atoms with E-state index in [1.54, 1.807) is 23.1 Å². The third-order valence-electron chi connectivity index (χ3n) is 1.93. The summed E-state index contributed by atoms with van der Waals surface area (Å²) >= 11 is 3.39. The van der Waals surface area contributed by atoms with Crippen molar-refractivity contribution < 1.29 is 0 Å². The van der Waals surface area contributed by atoms with Crippen LogP contribution in [0, 0.1) is 0 Å². The van der Waals surface area contributed by atoms with Crippen LogP contribution in [0.4, 0.5) is 5.69 Å². The van der Waals surface area contributed by atoms with E-state index in [0.29, 0.717) is 0 Å². The first-order valence-corrected chi connectivity index (χ1v) is 6.93. The predicted octanol–water partition coefficient (Wildman–Crippen LogP) is 3.26. The fraction of sp³-hybridized carbons (Fsp3) is 0.273. The van der Waals surface area contributed by atoms with Gasteiger partial charge < -0.3 is 5.32 Å². The quantitative estimate of drug-likeness (QED) is 0.828. The predicted molar refractivity (Wildman–Crippen MR) is 70.1 cm³/mol. The molecule has 16 heavy (non-hydrogen) atoms. The average molecular weight is 251 g/mol. The van der Waals surface area contributed by atoms with Gasteiger partial charge in [0.15, 0.2) is 4.34 Å². The number of anilines is 1. The molecule has 2 rings (SSSR count). The maximum absolute atomic E-state index is 4.14. The highest BCUT2D eigenvalue weighted by molar-refractivity contribution is 8.00. The molecule has 0 aliphatic carbocycles. The molecule has 1 aromatic heterocycles. The van der Waals surface area contributed by atoms with Crippen molar-refractivity contribution in [3.8, 4) is 0 Å². The van der Waals surface area contributed by atoms with Crippen LogP contribution in [0.15, 0.2) is 34.7 Å². The molecule has 1 heterocycles. The molecule has 1 N–H and O–H groups in total. The molecule has 0 saturated carbocycles. The Kier molecular flexibility index (Phi) is 4.18. The molecule has 0 amide bonds. The van der Waals surface area contributed by atoms with Crippen molar-refractivity contribution in [1.82, 2.24) is 10.2 Å². The van der Waals surface area contributed by atoms with Crippen LogP contribution >= 0.6 is 23.1 Å². The van der Waals surface area contributed by atoms with Crippen LogP contribution in [0.5, 0.6) is 0 Å². The number of hydrogen-bond acceptors (Lipinski definition) is 5. The Morgan fingerprint density at radius 2 is 2.06 bits per heavy atom. The standard InChI is InChI=1S/C11H13N3S2/c1-2-15-11-14-13-10(16-11)8-12-9-6-4-3-5-7-9/h3-7,12H,2,8H2,1H3. The van der Waals surface area contributed by atoms with Gasteiger partial charge in [0.1, 0.15) is 5.01 Å². The molecule has 0 aliphatic heterocycles. The second-order valence-corrected chi connectivity index (χ2v) is 5.69. The van der Waals surface area contributed by atoms with Crippen molar-refractivity contribution in [2.45, 2.75) is 17.8 Å². The molecule has 0 radical (unpaired) electrons. The van der Waals surface area contributed by atoms with Gasteiger partial charge >= 0.3 is 0 Å². The smallest absolute Gasteiger partial charge is 0.174 e. The molecule has 2 aromatic rings. The van der Waals surface area contributed by atoms with E-state index in [1.807, 2.05) is 30.3 Å². The molecule has 3 nitrogen and oxygen atoms in total. The van der Waals surface area contributed by atoms with Crippen molar-refractivity contribution in [2.75, 3.05) is 11.1 Å². The lowest BCUT2D eigenvalue weighted by Gasteiger charge is -2.01. The van der Waals surface area contributed by atoms with Crippen LogP contribution in [-0.4, -0.2) is 16.0 Å². The van der Waals surface area contributed by atoms with Crippen molar-refractivity contribution in [1.29, 1.82) is 0 Å². The number of nitrogens with one attached hydrogen (secondary N) is 1. The van der Waals surface area contributed by atoms with Crippen LogP contribution in [0.3, 0.4) is 0 Å². The zero-order chi connectivity index (χ0) is 11.2. The number of aromatic nitrogens is 2. The molecular formula is C11H13N3S2. The summed E-state index contributed by atoms with van der Waals surface area (Å²) in [4.78, 5) is 0. The molecule has 0 fully saturated rings. The highest BCUT2D eigenvalue weighted by Crippen LogP contribution is 2.22. The second-order valence-electron chi connectivity index (χ2n) is 3.11. The lowest BCUT2D eigenvalue weighted by molar-refractivity contribution is 0.948. The highest BCUT2D eigenvalue weighted by atomic mass is 32.2. The molecule has 84 valence electrons. The molecule has 0 unspecified atom stereocenters. The number of rotatable bonds is 5. The summed E-state index contributed by atoms with van der Waals surface area (Å²) < 4.78 is 1.05. The number of hydrogen-bond donors (Lipinski definition) is 1. The number of para-hydroxylation sites is 1. The van der Waals surface area contributed by atoms with Crippen molar-refractivity contribution >= 4 is 28.8 Å². The summed E-state index contributed by atoms with van der Waals surface area (Å²) in [6.45, 7) is 2.86. The van der Waals surface area contributed by atoms with Crippen LogP contribution in [0.2, 0.25) is 0 Å². The first-order valence-electron chi connectivity index (χ1n) is 5.12. The monoisotopic (exact) mass is 251 g/mol. The fourth-order valence-corrected chi connectivity index (χ4v) is 2.96. The van der Waals surface area contributed by atoms with Crippen molar-refractivity contribution in [3.05, 3.63) is 35.3 Å². The zero-order valence-electron chi connectivity index (χ0n) is 9.01. The first kappa shape index (κ1) is 11.4. The van der Waals surface area contributed by atoms with E-state index in [4.69, 9.17) is 0 Å². The van der Waals surface area contributed by atoms with Gasteiger partial charge in [-0.2, -0.15) is 0 Å². The van der Waals surface area contributed by atoms with Gasteiger partial charge in [0.25, 0.3) is 0 Å². The van der Waals surface area contributed by atoms with E-state index in [9.17, 15) is 0 Å². The van der Waals surface area contributed by atoms with Gasteiger partial charge in [-0.1, -0.05) is 48.2 Å². The number of thioether (sulfide) groups is 1. The Balaban J connectivity index is 1.89. The normalized spacial score (nSPS) is 10.3. The first-order chi connectivity index (χ1) is 7.88. The van der Waals surface area contributed by atoms with E-state index < -0.39 is 0 Å². The molecule has 5 heteroatoms. The Hall–Kier alpha value is -1.07. The Morgan fingerprint density at radius 3 is 2.81 bits per heavy atom.